The van der Waals surface area contributed by atoms with Crippen molar-refractivity contribution in [3.63, 3.8) is 0 Å². The zero-order valence-corrected chi connectivity index (χ0v) is 26.4. The Kier molecular flexibility index (Phi) is 18.0. The molecule has 9 nitrogen and oxygen atoms in total. The Bertz CT molecular complexity index is 1090. The van der Waals surface area contributed by atoms with Gasteiger partial charge >= 0.3 is 18.0 Å². The number of nitrogens with zero attached hydrogens (tertiary/aromatic N) is 1. The molecule has 0 aromatic heterocycles. The molecule has 4 N–H and O–H groups in total. The molecular weight excluding hydrogens is 601 g/mol. The normalized spacial score (nSPS) is 14.5. The molecule has 0 aliphatic carbocycles. The number of carbonyl (C=O) groups is 3. The summed E-state index contributed by atoms with van der Waals surface area (Å²) in [6.45, 7) is 3.90. The molecule has 1 fully saturated rings. The van der Waals surface area contributed by atoms with Crippen molar-refractivity contribution in [3.05, 3.63) is 60.2 Å². The number of para-hydroxylation sites is 1. The fraction of sp³-hybridized carbons (Fsp3) is 0.500. The van der Waals surface area contributed by atoms with E-state index < -0.39 is 12.0 Å². The number of amides is 1. The van der Waals surface area contributed by atoms with Crippen molar-refractivity contribution in [3.8, 4) is 0 Å². The van der Waals surface area contributed by atoms with E-state index in [1.807, 2.05) is 55.5 Å². The van der Waals surface area contributed by atoms with Crippen LogP contribution in [-0.2, 0) is 25.7 Å². The highest BCUT2D eigenvalue weighted by molar-refractivity contribution is 7.99. The molecule has 1 aliphatic heterocycles. The van der Waals surface area contributed by atoms with Gasteiger partial charge in [0, 0.05) is 35.8 Å². The van der Waals surface area contributed by atoms with E-state index in [1.165, 1.54) is 11.8 Å². The topological polar surface area (TPSA) is 131 Å². The number of rotatable bonds is 15. The van der Waals surface area contributed by atoms with E-state index in [0.717, 1.165) is 36.1 Å². The van der Waals surface area contributed by atoms with Gasteiger partial charge in [0.2, 0.25) is 0 Å². The van der Waals surface area contributed by atoms with Gasteiger partial charge in [0.05, 0.1) is 0 Å². The Morgan fingerprint density at radius 2 is 1.69 bits per heavy atom. The summed E-state index contributed by atoms with van der Waals surface area (Å²) in [6.07, 6.45) is 3.60. The minimum Gasteiger partial charge on any atom is -0.480 e. The number of nitrogens with two attached hydrogens (primary N) is 1. The molecule has 2 unspecified atom stereocenters. The standard InChI is InChI=1S/C30H41N3O6S.2ClH/c1-22(24-15-18-33(19-16-24)30(37)38-20-23-10-4-2-5-11-23)39-28(34)14-6-3-9-17-32-26(29(35)36)21-40-27-13-8-7-12-25(27)31;;/h2,4-5,7-8,10-13,22,24,26,32H,3,6,9,14-21,31H2,1H3,(H,35,36);2*1H. The van der Waals surface area contributed by atoms with E-state index >= 15 is 0 Å². The van der Waals surface area contributed by atoms with Crippen LogP contribution in [0.5, 0.6) is 0 Å². The van der Waals surface area contributed by atoms with E-state index in [1.54, 1.807) is 11.0 Å². The lowest BCUT2D eigenvalue weighted by atomic mass is 9.92. The van der Waals surface area contributed by atoms with Crippen molar-refractivity contribution in [2.75, 3.05) is 31.1 Å². The average Bonchev–Trinajstić information content (AvgIpc) is 2.96. The molecule has 0 spiro atoms. The number of carboxylic acids is 1. The van der Waals surface area contributed by atoms with Crippen LogP contribution in [0.15, 0.2) is 59.5 Å². The number of carbonyl (C=O) groups excluding carboxylic acids is 2. The highest BCUT2D eigenvalue weighted by Crippen LogP contribution is 2.25. The lowest BCUT2D eigenvalue weighted by molar-refractivity contribution is -0.151. The first kappa shape index (κ1) is 37.4. The Hall–Kier alpha value is -2.66. The van der Waals surface area contributed by atoms with Gasteiger partial charge in [0.15, 0.2) is 0 Å². The molecule has 1 amide bonds. The Balaban J connectivity index is 0.00000441. The second-order valence-corrected chi connectivity index (χ2v) is 11.1. The highest BCUT2D eigenvalue weighted by atomic mass is 35.5. The lowest BCUT2D eigenvalue weighted by Crippen LogP contribution is -2.41. The molecule has 234 valence electrons. The second-order valence-electron chi connectivity index (χ2n) is 10.1. The van der Waals surface area contributed by atoms with E-state index in [2.05, 4.69) is 5.32 Å². The number of carboxylic acid groups (broad SMARTS) is 1. The summed E-state index contributed by atoms with van der Waals surface area (Å²) in [6, 6.07) is 16.3. The lowest BCUT2D eigenvalue weighted by Gasteiger charge is -2.34. The van der Waals surface area contributed by atoms with Crippen molar-refractivity contribution >= 4 is 60.3 Å². The second kappa shape index (κ2) is 20.3. The van der Waals surface area contributed by atoms with Crippen LogP contribution in [0.3, 0.4) is 0 Å². The summed E-state index contributed by atoms with van der Waals surface area (Å²) in [5.41, 5.74) is 7.53. The number of aliphatic carboxylic acids is 1. The van der Waals surface area contributed by atoms with Gasteiger partial charge in [-0.3, -0.25) is 9.59 Å². The van der Waals surface area contributed by atoms with Crippen LogP contribution in [0.1, 0.15) is 51.0 Å². The number of thioether (sulfide) groups is 1. The van der Waals surface area contributed by atoms with Gasteiger partial charge in [-0.15, -0.1) is 36.6 Å². The number of ether oxygens (including phenoxy) is 2. The minimum atomic E-state index is -0.894. The summed E-state index contributed by atoms with van der Waals surface area (Å²) in [5, 5.41) is 12.6. The number of piperidine rings is 1. The monoisotopic (exact) mass is 643 g/mol. The average molecular weight is 645 g/mol. The molecule has 1 aliphatic rings. The molecule has 0 saturated carbocycles. The van der Waals surface area contributed by atoms with Crippen molar-refractivity contribution < 1.29 is 29.0 Å². The molecule has 2 aromatic rings. The van der Waals surface area contributed by atoms with Crippen LogP contribution in [0.4, 0.5) is 10.5 Å². The van der Waals surface area contributed by atoms with Gasteiger partial charge in [0.25, 0.3) is 0 Å². The number of hydrogen-bond acceptors (Lipinski definition) is 8. The van der Waals surface area contributed by atoms with Crippen LogP contribution >= 0.6 is 36.6 Å². The number of hydrogen-bond donors (Lipinski definition) is 3. The number of likely N-dealkylation sites (tertiary alicyclic amines) is 1. The van der Waals surface area contributed by atoms with Crippen LogP contribution in [0.2, 0.25) is 0 Å². The van der Waals surface area contributed by atoms with Gasteiger partial charge in [-0.2, -0.15) is 0 Å². The van der Waals surface area contributed by atoms with Gasteiger partial charge in [-0.25, -0.2) is 4.79 Å². The van der Waals surface area contributed by atoms with Crippen molar-refractivity contribution in [1.82, 2.24) is 10.2 Å². The molecule has 1 heterocycles. The number of anilines is 1. The third kappa shape index (κ3) is 13.1. The number of unbranched alkanes of at least 4 members (excludes halogenated alkanes) is 2. The minimum absolute atomic E-state index is 0. The predicted octanol–water partition coefficient (Wildman–Crippen LogP) is 5.79. The fourth-order valence-corrected chi connectivity index (χ4v) is 5.59. The summed E-state index contributed by atoms with van der Waals surface area (Å²) in [7, 11) is 0. The van der Waals surface area contributed by atoms with Crippen molar-refractivity contribution in [1.29, 1.82) is 0 Å². The third-order valence-electron chi connectivity index (χ3n) is 7.06. The fourth-order valence-electron chi connectivity index (χ4n) is 4.57. The number of esters is 1. The maximum atomic E-state index is 12.4. The molecular formula is C30H43Cl2N3O6S. The zero-order valence-electron chi connectivity index (χ0n) is 23.9. The summed E-state index contributed by atoms with van der Waals surface area (Å²) in [5.74, 6) is -0.523. The quantitative estimate of drug-likeness (QED) is 0.0955. The van der Waals surface area contributed by atoms with E-state index in [0.29, 0.717) is 43.9 Å². The van der Waals surface area contributed by atoms with E-state index in [-0.39, 0.29) is 55.5 Å². The number of nitrogen functional groups attached to an aromatic ring is 1. The maximum absolute atomic E-state index is 12.4. The summed E-state index contributed by atoms with van der Waals surface area (Å²) >= 11 is 1.42. The summed E-state index contributed by atoms with van der Waals surface area (Å²) < 4.78 is 11.1. The number of nitrogens with one attached hydrogen (secondary N) is 1. The van der Waals surface area contributed by atoms with E-state index in [4.69, 9.17) is 15.2 Å². The molecule has 42 heavy (non-hydrogen) atoms. The highest BCUT2D eigenvalue weighted by Gasteiger charge is 2.29. The number of halogens is 2. The largest absolute Gasteiger partial charge is 0.480 e. The van der Waals surface area contributed by atoms with Gasteiger partial charge in [0.1, 0.15) is 18.8 Å². The SMILES string of the molecule is CC(OC(=O)CCCCCNC(CSc1ccccc1N)C(=O)O)C1CCN(C(=O)OCc2ccccc2)CC1.Cl.Cl. The van der Waals surface area contributed by atoms with E-state index in [9.17, 15) is 19.5 Å². The molecule has 1 saturated heterocycles. The van der Waals surface area contributed by atoms with Gasteiger partial charge in [-0.05, 0) is 62.8 Å². The maximum Gasteiger partial charge on any atom is 0.410 e. The van der Waals surface area contributed by atoms with Gasteiger partial charge in [-0.1, -0.05) is 48.9 Å². The van der Waals surface area contributed by atoms with Crippen LogP contribution in [-0.4, -0.2) is 65.6 Å². The Morgan fingerprint density at radius 3 is 2.36 bits per heavy atom. The zero-order chi connectivity index (χ0) is 28.7. The van der Waals surface area contributed by atoms with Gasteiger partial charge < -0.3 is 30.5 Å². The summed E-state index contributed by atoms with van der Waals surface area (Å²) in [4.78, 5) is 38.9. The predicted molar refractivity (Wildman–Crippen MR) is 170 cm³/mol. The number of benzene rings is 2. The molecule has 0 bridgehead atoms. The molecule has 12 heteroatoms. The van der Waals surface area contributed by atoms with Crippen LogP contribution in [0, 0.1) is 5.92 Å². The molecule has 0 radical (unpaired) electrons. The van der Waals surface area contributed by atoms with Crippen LogP contribution < -0.4 is 11.1 Å². The first-order valence-electron chi connectivity index (χ1n) is 13.9. The van der Waals surface area contributed by atoms with Crippen molar-refractivity contribution in [2.45, 2.75) is 69.1 Å². The Morgan fingerprint density at radius 1 is 1.02 bits per heavy atom. The molecule has 3 rings (SSSR count). The third-order valence-corrected chi connectivity index (χ3v) is 8.24. The smallest absolute Gasteiger partial charge is 0.410 e. The Labute approximate surface area is 265 Å². The first-order chi connectivity index (χ1) is 19.3. The van der Waals surface area contributed by atoms with Crippen molar-refractivity contribution in [2.24, 2.45) is 5.92 Å². The molecule has 2 aromatic carbocycles. The first-order valence-corrected chi connectivity index (χ1v) is 14.9. The molecule has 2 atom stereocenters. The van der Waals surface area contributed by atoms with Crippen LogP contribution in [0.25, 0.3) is 0 Å².